The second-order valence-corrected chi connectivity index (χ2v) is 10.7. The smallest absolute Gasteiger partial charge is 0.0468 e. The van der Waals surface area contributed by atoms with Crippen LogP contribution in [0.1, 0.15) is 11.1 Å². The first-order chi connectivity index (χ1) is 21.8. The van der Waals surface area contributed by atoms with E-state index in [2.05, 4.69) is 204 Å². The van der Waals surface area contributed by atoms with Crippen molar-refractivity contribution in [1.82, 2.24) is 0 Å². The predicted octanol–water partition coefficient (Wildman–Crippen LogP) is 11.9. The monoisotopic (exact) mass is 564 g/mol. The van der Waals surface area contributed by atoms with Gasteiger partial charge in [0.25, 0.3) is 0 Å². The Hall–Kier alpha value is -5.86. The molecule has 0 saturated heterocycles. The van der Waals surface area contributed by atoms with Crippen molar-refractivity contribution >= 4 is 57.0 Å². The summed E-state index contributed by atoms with van der Waals surface area (Å²) in [5, 5.41) is 2.47. The van der Waals surface area contributed by atoms with Crippen LogP contribution in [0.15, 0.2) is 182 Å². The first-order valence-corrected chi connectivity index (χ1v) is 14.9. The molecular formula is C42H32N2. The van der Waals surface area contributed by atoms with Crippen LogP contribution in [0.3, 0.4) is 0 Å². The maximum Gasteiger partial charge on any atom is 0.0468 e. The van der Waals surface area contributed by atoms with E-state index in [0.29, 0.717) is 0 Å². The van der Waals surface area contributed by atoms with Crippen LogP contribution < -0.4 is 9.80 Å². The molecule has 7 aromatic rings. The predicted molar refractivity (Wildman–Crippen MR) is 189 cm³/mol. The topological polar surface area (TPSA) is 6.48 Å². The second kappa shape index (κ2) is 12.6. The molecule has 0 bridgehead atoms. The molecule has 0 amide bonds. The molecule has 0 fully saturated rings. The van der Waals surface area contributed by atoms with Gasteiger partial charge in [-0.2, -0.15) is 0 Å². The van der Waals surface area contributed by atoms with E-state index < -0.39 is 0 Å². The summed E-state index contributed by atoms with van der Waals surface area (Å²) in [6.45, 7) is 0. The average Bonchev–Trinajstić information content (AvgIpc) is 3.10. The van der Waals surface area contributed by atoms with Crippen LogP contribution in [-0.4, -0.2) is 0 Å². The maximum atomic E-state index is 2.31. The molecule has 0 aliphatic rings. The molecule has 0 aromatic heterocycles. The van der Waals surface area contributed by atoms with Crippen LogP contribution in [0.5, 0.6) is 0 Å². The molecule has 2 heteroatoms. The van der Waals surface area contributed by atoms with Crippen molar-refractivity contribution in [1.29, 1.82) is 0 Å². The molecule has 0 aliphatic carbocycles. The Labute approximate surface area is 259 Å². The summed E-state index contributed by atoms with van der Waals surface area (Å²) in [6.07, 6.45) is 4.35. The summed E-state index contributed by atoms with van der Waals surface area (Å²) < 4.78 is 0. The van der Waals surface area contributed by atoms with Gasteiger partial charge < -0.3 is 9.80 Å². The van der Waals surface area contributed by atoms with Gasteiger partial charge >= 0.3 is 0 Å². The van der Waals surface area contributed by atoms with E-state index >= 15 is 0 Å². The van der Waals surface area contributed by atoms with Crippen LogP contribution >= 0.6 is 0 Å². The fourth-order valence-electron chi connectivity index (χ4n) is 5.60. The zero-order chi connectivity index (χ0) is 29.6. The Morgan fingerprint density at radius 3 is 1.07 bits per heavy atom. The van der Waals surface area contributed by atoms with Crippen molar-refractivity contribution in [3.63, 3.8) is 0 Å². The minimum atomic E-state index is 1.12. The Balaban J connectivity index is 1.13. The fraction of sp³-hybridized carbons (Fsp3) is 0. The number of fused-ring (bicyclic) bond motifs is 1. The van der Waals surface area contributed by atoms with Crippen LogP contribution in [0.4, 0.5) is 34.1 Å². The summed E-state index contributed by atoms with van der Waals surface area (Å²) in [5.41, 5.74) is 9.09. The van der Waals surface area contributed by atoms with E-state index in [1.807, 2.05) is 0 Å². The lowest BCUT2D eigenvalue weighted by molar-refractivity contribution is 1.28. The number of para-hydroxylation sites is 3. The highest BCUT2D eigenvalue weighted by atomic mass is 15.1. The minimum Gasteiger partial charge on any atom is -0.311 e. The Kier molecular flexibility index (Phi) is 7.71. The molecule has 0 N–H and O–H groups in total. The lowest BCUT2D eigenvalue weighted by Crippen LogP contribution is -2.09. The number of hydrogen-bond acceptors (Lipinski definition) is 2. The third kappa shape index (κ3) is 5.88. The van der Waals surface area contributed by atoms with Crippen molar-refractivity contribution < 1.29 is 0 Å². The van der Waals surface area contributed by atoms with Crippen molar-refractivity contribution in [3.8, 4) is 0 Å². The Morgan fingerprint density at radius 1 is 0.273 bits per heavy atom. The van der Waals surface area contributed by atoms with Crippen LogP contribution in [0.2, 0.25) is 0 Å². The standard InChI is InChI=1S/C42H32N2/c1-4-14-37(15-5-1)43(38-16-6-2-7-17-38)40-27-22-33(23-28-40)20-21-34-24-29-41(30-25-34)44(39-18-8-3-9-19-39)42-31-26-35-12-10-11-13-36(35)32-42/h1-32H/b21-20+. The van der Waals surface area contributed by atoms with Gasteiger partial charge in [-0.3, -0.25) is 0 Å². The molecule has 0 aliphatic heterocycles. The van der Waals surface area contributed by atoms with E-state index in [-0.39, 0.29) is 0 Å². The van der Waals surface area contributed by atoms with Gasteiger partial charge in [0.15, 0.2) is 0 Å². The molecule has 0 radical (unpaired) electrons. The number of anilines is 6. The fourth-order valence-corrected chi connectivity index (χ4v) is 5.60. The number of rotatable bonds is 8. The summed E-state index contributed by atoms with van der Waals surface area (Å²) in [4.78, 5) is 4.59. The van der Waals surface area contributed by atoms with Gasteiger partial charge in [-0.25, -0.2) is 0 Å². The molecule has 0 unspecified atom stereocenters. The Bertz CT molecular complexity index is 1940. The highest BCUT2D eigenvalue weighted by molar-refractivity contribution is 5.89. The average molecular weight is 565 g/mol. The first-order valence-electron chi connectivity index (χ1n) is 14.9. The Morgan fingerprint density at radius 2 is 0.614 bits per heavy atom. The van der Waals surface area contributed by atoms with Gasteiger partial charge in [0.2, 0.25) is 0 Å². The summed E-state index contributed by atoms with van der Waals surface area (Å²) in [5.74, 6) is 0. The van der Waals surface area contributed by atoms with Crippen molar-refractivity contribution in [2.75, 3.05) is 9.80 Å². The summed E-state index contributed by atoms with van der Waals surface area (Å²) in [6, 6.07) is 64.2. The zero-order valence-corrected chi connectivity index (χ0v) is 24.4. The third-order valence-electron chi connectivity index (χ3n) is 7.81. The van der Waals surface area contributed by atoms with E-state index in [1.165, 1.54) is 10.8 Å². The molecule has 0 saturated carbocycles. The normalized spacial score (nSPS) is 11.1. The second-order valence-electron chi connectivity index (χ2n) is 10.7. The van der Waals surface area contributed by atoms with Gasteiger partial charge in [0.05, 0.1) is 0 Å². The lowest BCUT2D eigenvalue weighted by atomic mass is 10.1. The largest absolute Gasteiger partial charge is 0.311 e. The summed E-state index contributed by atoms with van der Waals surface area (Å²) >= 11 is 0. The molecule has 7 rings (SSSR count). The summed E-state index contributed by atoms with van der Waals surface area (Å²) in [7, 11) is 0. The van der Waals surface area contributed by atoms with Crippen LogP contribution in [0, 0.1) is 0 Å². The highest BCUT2D eigenvalue weighted by Crippen LogP contribution is 2.37. The molecule has 7 aromatic carbocycles. The van der Waals surface area contributed by atoms with Gasteiger partial charge in [-0.05, 0) is 94.7 Å². The van der Waals surface area contributed by atoms with Crippen molar-refractivity contribution in [3.05, 3.63) is 193 Å². The van der Waals surface area contributed by atoms with E-state index in [9.17, 15) is 0 Å². The van der Waals surface area contributed by atoms with Gasteiger partial charge in [-0.15, -0.1) is 0 Å². The first kappa shape index (κ1) is 27.0. The SMILES string of the molecule is C(=C\c1ccc(N(c2ccccc2)c2ccc3ccccc3c2)cc1)/c1ccc(N(c2ccccc2)c2ccccc2)cc1. The number of hydrogen-bond donors (Lipinski definition) is 0. The van der Waals surface area contributed by atoms with E-state index in [1.54, 1.807) is 0 Å². The molecule has 2 nitrogen and oxygen atoms in total. The third-order valence-corrected chi connectivity index (χ3v) is 7.81. The lowest BCUT2D eigenvalue weighted by Gasteiger charge is -2.26. The highest BCUT2D eigenvalue weighted by Gasteiger charge is 2.13. The molecule has 44 heavy (non-hydrogen) atoms. The van der Waals surface area contributed by atoms with Crippen molar-refractivity contribution in [2.45, 2.75) is 0 Å². The minimum absolute atomic E-state index is 1.12. The number of benzene rings is 7. The number of nitrogens with zero attached hydrogens (tertiary/aromatic N) is 2. The van der Waals surface area contributed by atoms with E-state index in [4.69, 9.17) is 0 Å². The van der Waals surface area contributed by atoms with Crippen LogP contribution in [0.25, 0.3) is 22.9 Å². The quantitative estimate of drug-likeness (QED) is 0.169. The molecule has 210 valence electrons. The molecular weight excluding hydrogens is 532 g/mol. The van der Waals surface area contributed by atoms with Crippen LogP contribution in [-0.2, 0) is 0 Å². The van der Waals surface area contributed by atoms with Gasteiger partial charge in [0.1, 0.15) is 0 Å². The van der Waals surface area contributed by atoms with Gasteiger partial charge in [-0.1, -0.05) is 121 Å². The molecule has 0 heterocycles. The van der Waals surface area contributed by atoms with Crippen molar-refractivity contribution in [2.24, 2.45) is 0 Å². The maximum absolute atomic E-state index is 2.31. The van der Waals surface area contributed by atoms with E-state index in [0.717, 1.165) is 45.3 Å². The molecule has 0 spiro atoms. The van der Waals surface area contributed by atoms with Gasteiger partial charge in [0, 0.05) is 34.1 Å². The molecule has 0 atom stereocenters. The zero-order valence-electron chi connectivity index (χ0n) is 24.4.